The van der Waals surface area contributed by atoms with Crippen molar-refractivity contribution in [2.75, 3.05) is 0 Å². The van der Waals surface area contributed by atoms with Crippen molar-refractivity contribution in [2.45, 2.75) is 38.7 Å². The van der Waals surface area contributed by atoms with E-state index in [-0.39, 0.29) is 11.0 Å². The Bertz CT molecular complexity index is 615. The monoisotopic (exact) mass is 266 g/mol. The number of hydrogen-bond donors (Lipinski definition) is 0. The number of fused-ring (bicyclic) bond motifs is 1. The fourth-order valence-electron chi connectivity index (χ4n) is 3.40. The van der Waals surface area contributed by atoms with Crippen LogP contribution in [0.3, 0.4) is 0 Å². The van der Waals surface area contributed by atoms with Crippen molar-refractivity contribution < 1.29 is 4.74 Å². The quantitative estimate of drug-likeness (QED) is 0.712. The highest BCUT2D eigenvalue weighted by Gasteiger charge is 2.49. The second-order valence-corrected chi connectivity index (χ2v) is 6.51. The highest BCUT2D eigenvalue weighted by molar-refractivity contribution is 5.44. The Morgan fingerprint density at radius 1 is 0.850 bits per heavy atom. The summed E-state index contributed by atoms with van der Waals surface area (Å²) in [5.74, 6) is 1.40. The summed E-state index contributed by atoms with van der Waals surface area (Å²) in [6.07, 6.45) is 0. The Labute approximate surface area is 121 Å². The Morgan fingerprint density at radius 3 is 2.15 bits per heavy atom. The Hall–Kier alpha value is -1.76. The summed E-state index contributed by atoms with van der Waals surface area (Å²) in [5.41, 5.74) is 2.34. The molecule has 20 heavy (non-hydrogen) atoms. The van der Waals surface area contributed by atoms with Crippen molar-refractivity contribution in [3.05, 3.63) is 65.7 Å². The molecule has 2 atom stereocenters. The molecule has 0 saturated carbocycles. The van der Waals surface area contributed by atoms with Crippen LogP contribution in [0, 0.1) is 5.92 Å². The maximum absolute atomic E-state index is 6.45. The molecule has 0 saturated heterocycles. The van der Waals surface area contributed by atoms with Crippen LogP contribution >= 0.6 is 0 Å². The highest BCUT2D eigenvalue weighted by Crippen LogP contribution is 2.52. The second kappa shape index (κ2) is 4.37. The maximum atomic E-state index is 6.45. The molecule has 0 aromatic heterocycles. The predicted molar refractivity (Wildman–Crippen MR) is 83.1 cm³/mol. The van der Waals surface area contributed by atoms with Gasteiger partial charge in [-0.15, -0.1) is 0 Å². The Kier molecular flexibility index (Phi) is 2.89. The van der Waals surface area contributed by atoms with E-state index in [4.69, 9.17) is 4.74 Å². The van der Waals surface area contributed by atoms with Gasteiger partial charge in [-0.3, -0.25) is 0 Å². The number of rotatable bonds is 1. The first-order valence-electron chi connectivity index (χ1n) is 7.30. The van der Waals surface area contributed by atoms with Gasteiger partial charge in [0, 0.05) is 16.9 Å². The summed E-state index contributed by atoms with van der Waals surface area (Å²) in [5, 5.41) is 0. The van der Waals surface area contributed by atoms with Crippen molar-refractivity contribution in [1.82, 2.24) is 0 Å². The summed E-state index contributed by atoms with van der Waals surface area (Å²) in [6, 6.07) is 19.0. The Balaban J connectivity index is 2.17. The second-order valence-electron chi connectivity index (χ2n) is 6.51. The van der Waals surface area contributed by atoms with Gasteiger partial charge in [-0.1, -0.05) is 69.3 Å². The first kappa shape index (κ1) is 13.2. The van der Waals surface area contributed by atoms with Crippen molar-refractivity contribution in [1.29, 1.82) is 0 Å². The zero-order chi connectivity index (χ0) is 14.4. The van der Waals surface area contributed by atoms with Gasteiger partial charge in [-0.05, 0) is 18.6 Å². The minimum atomic E-state index is -0.293. The normalized spacial score (nSPS) is 27.5. The molecule has 1 heterocycles. The minimum absolute atomic E-state index is 0.0828. The minimum Gasteiger partial charge on any atom is -0.482 e. The molecule has 2 aromatic carbocycles. The van der Waals surface area contributed by atoms with Crippen molar-refractivity contribution in [3.63, 3.8) is 0 Å². The van der Waals surface area contributed by atoms with Crippen LogP contribution in [0.5, 0.6) is 5.75 Å². The van der Waals surface area contributed by atoms with E-state index in [2.05, 4.69) is 82.3 Å². The average Bonchev–Trinajstić information content (AvgIpc) is 2.46. The van der Waals surface area contributed by atoms with Gasteiger partial charge in [-0.25, -0.2) is 0 Å². The van der Waals surface area contributed by atoms with Gasteiger partial charge in [0.15, 0.2) is 0 Å². The topological polar surface area (TPSA) is 9.23 Å². The molecule has 0 N–H and O–H groups in total. The summed E-state index contributed by atoms with van der Waals surface area (Å²) in [7, 11) is 0. The Morgan fingerprint density at radius 2 is 1.45 bits per heavy atom. The van der Waals surface area contributed by atoms with Crippen LogP contribution < -0.4 is 4.74 Å². The van der Waals surface area contributed by atoms with E-state index in [0.29, 0.717) is 5.92 Å². The number of benzene rings is 2. The van der Waals surface area contributed by atoms with Crippen molar-refractivity contribution >= 4 is 0 Å². The molecule has 0 fully saturated rings. The van der Waals surface area contributed by atoms with Gasteiger partial charge in [-0.2, -0.15) is 0 Å². The largest absolute Gasteiger partial charge is 0.482 e. The van der Waals surface area contributed by atoms with Crippen LogP contribution in [0.4, 0.5) is 0 Å². The predicted octanol–water partition coefficient (Wildman–Crippen LogP) is 4.91. The fraction of sp³-hybridized carbons (Fsp3) is 0.368. The summed E-state index contributed by atoms with van der Waals surface area (Å²) in [6.45, 7) is 9.15. The molecule has 2 aromatic rings. The molecule has 104 valence electrons. The number of para-hydroxylation sites is 1. The van der Waals surface area contributed by atoms with E-state index in [9.17, 15) is 0 Å². The van der Waals surface area contributed by atoms with Crippen LogP contribution in [0.15, 0.2) is 54.6 Å². The zero-order valence-corrected chi connectivity index (χ0v) is 12.7. The summed E-state index contributed by atoms with van der Waals surface area (Å²) < 4.78 is 6.45. The number of hydrogen-bond acceptors (Lipinski definition) is 1. The lowest BCUT2D eigenvalue weighted by atomic mass is 9.63. The lowest BCUT2D eigenvalue weighted by Gasteiger charge is -2.50. The molecule has 1 heteroatoms. The van der Waals surface area contributed by atoms with Crippen LogP contribution in [0.1, 0.15) is 38.8 Å². The maximum Gasteiger partial charge on any atom is 0.135 e. The molecule has 0 spiro atoms. The first-order valence-corrected chi connectivity index (χ1v) is 7.30. The molecule has 0 radical (unpaired) electrons. The summed E-state index contributed by atoms with van der Waals surface area (Å²) >= 11 is 0. The molecular formula is C19H22O. The lowest BCUT2D eigenvalue weighted by Crippen LogP contribution is -2.49. The third-order valence-electron chi connectivity index (χ3n) is 5.16. The van der Waals surface area contributed by atoms with Crippen molar-refractivity contribution in [2.24, 2.45) is 5.92 Å². The molecular weight excluding hydrogens is 244 g/mol. The molecule has 2 unspecified atom stereocenters. The SMILES string of the molecule is CC1C(C)(C)c2ccccc2OC1(C)c1ccccc1. The van der Waals surface area contributed by atoms with Crippen molar-refractivity contribution in [3.8, 4) is 5.75 Å². The van der Waals surface area contributed by atoms with Gasteiger partial charge >= 0.3 is 0 Å². The van der Waals surface area contributed by atoms with Crippen LogP contribution in [-0.2, 0) is 11.0 Å². The van der Waals surface area contributed by atoms with E-state index >= 15 is 0 Å². The van der Waals surface area contributed by atoms with Gasteiger partial charge in [0.25, 0.3) is 0 Å². The van der Waals surface area contributed by atoms with Gasteiger partial charge < -0.3 is 4.74 Å². The fourth-order valence-corrected chi connectivity index (χ4v) is 3.40. The van der Waals surface area contributed by atoms with E-state index in [1.807, 2.05) is 0 Å². The lowest BCUT2D eigenvalue weighted by molar-refractivity contribution is -0.0250. The molecule has 1 nitrogen and oxygen atoms in total. The number of ether oxygens (including phenoxy) is 1. The third-order valence-corrected chi connectivity index (χ3v) is 5.16. The molecule has 3 rings (SSSR count). The summed E-state index contributed by atoms with van der Waals surface area (Å²) in [4.78, 5) is 0. The van der Waals surface area contributed by atoms with Gasteiger partial charge in [0.2, 0.25) is 0 Å². The zero-order valence-electron chi connectivity index (χ0n) is 12.7. The van der Waals surface area contributed by atoms with Crippen LogP contribution in [0.25, 0.3) is 0 Å². The molecule has 0 amide bonds. The highest BCUT2D eigenvalue weighted by atomic mass is 16.5. The molecule has 0 bridgehead atoms. The standard InChI is InChI=1S/C19H22O/c1-14-18(2,3)16-12-8-9-13-17(16)20-19(14,4)15-10-6-5-7-11-15/h5-14H,1-4H3. The molecule has 0 aliphatic carbocycles. The van der Waals surface area contributed by atoms with Gasteiger partial charge in [0.05, 0.1) is 0 Å². The van der Waals surface area contributed by atoms with Crippen LogP contribution in [0.2, 0.25) is 0 Å². The van der Waals surface area contributed by atoms with E-state index in [0.717, 1.165) is 5.75 Å². The third kappa shape index (κ3) is 1.76. The van der Waals surface area contributed by atoms with E-state index < -0.39 is 0 Å². The van der Waals surface area contributed by atoms with E-state index in [1.165, 1.54) is 11.1 Å². The first-order chi connectivity index (χ1) is 9.46. The average molecular weight is 266 g/mol. The molecule has 1 aliphatic heterocycles. The smallest absolute Gasteiger partial charge is 0.135 e. The van der Waals surface area contributed by atoms with Gasteiger partial charge in [0.1, 0.15) is 11.4 Å². The van der Waals surface area contributed by atoms with E-state index in [1.54, 1.807) is 0 Å². The molecule has 1 aliphatic rings. The van der Waals surface area contributed by atoms with Crippen LogP contribution in [-0.4, -0.2) is 0 Å².